The zero-order valence-corrected chi connectivity index (χ0v) is 34.1. The third-order valence-electron chi connectivity index (χ3n) is 9.17. The van der Waals surface area contributed by atoms with Gasteiger partial charge in [-0.3, -0.25) is 19.2 Å². The third kappa shape index (κ3) is 15.0. The third-order valence-corrected chi connectivity index (χ3v) is 9.17. The summed E-state index contributed by atoms with van der Waals surface area (Å²) in [5, 5.41) is 10.3. The molecule has 0 aliphatic carbocycles. The number of carbonyl (C=O) groups excluding carboxylic acids is 6. The first-order valence-electron chi connectivity index (χ1n) is 19.2. The summed E-state index contributed by atoms with van der Waals surface area (Å²) in [5.41, 5.74) is 0.604. The first-order valence-corrected chi connectivity index (χ1v) is 19.2. The molecule has 60 heavy (non-hydrogen) atoms. The molecule has 1 aliphatic heterocycles. The van der Waals surface area contributed by atoms with Crippen molar-refractivity contribution < 1.29 is 51.4 Å². The zero-order valence-electron chi connectivity index (χ0n) is 34.1. The molecule has 1 atom stereocenters. The number of anilines is 1. The number of ether oxygens (including phenoxy) is 2. The molecular weight excluding hydrogens is 784 g/mol. The molecule has 2 amide bonds. The summed E-state index contributed by atoms with van der Waals surface area (Å²) in [6, 6.07) is 19.0. The number of aldehydes is 4. The maximum Gasteiger partial charge on any atom is 0.416 e. The van der Waals surface area contributed by atoms with Crippen molar-refractivity contribution in [2.45, 2.75) is 31.5 Å². The molecule has 3 N–H and O–H groups in total. The lowest BCUT2D eigenvalue weighted by Gasteiger charge is -2.36. The van der Waals surface area contributed by atoms with Crippen molar-refractivity contribution in [2.75, 3.05) is 72.9 Å². The molecule has 1 unspecified atom stereocenters. The number of amides is 2. The van der Waals surface area contributed by atoms with Crippen LogP contribution in [0.5, 0.6) is 11.5 Å². The summed E-state index contributed by atoms with van der Waals surface area (Å²) in [6.45, 7) is 3.61. The van der Waals surface area contributed by atoms with Gasteiger partial charge in [-0.1, -0.05) is 30.3 Å². The van der Waals surface area contributed by atoms with Crippen LogP contribution in [-0.4, -0.2) is 120 Å². The van der Waals surface area contributed by atoms with E-state index in [-0.39, 0.29) is 42.9 Å². The molecule has 1 fully saturated rings. The minimum atomic E-state index is -4.37. The average molecular weight is 836 g/mol. The summed E-state index contributed by atoms with van der Waals surface area (Å²) in [5.74, 6) is 0.800. The van der Waals surface area contributed by atoms with Crippen LogP contribution in [0.4, 0.5) is 18.9 Å². The fourth-order valence-electron chi connectivity index (χ4n) is 6.08. The van der Waals surface area contributed by atoms with E-state index in [2.05, 4.69) is 20.9 Å². The largest absolute Gasteiger partial charge is 0.457 e. The van der Waals surface area contributed by atoms with Crippen molar-refractivity contribution in [1.29, 1.82) is 0 Å². The maximum absolute atomic E-state index is 13.1. The van der Waals surface area contributed by atoms with E-state index in [9.17, 15) is 41.9 Å². The van der Waals surface area contributed by atoms with Gasteiger partial charge in [0, 0.05) is 74.2 Å². The van der Waals surface area contributed by atoms with Crippen molar-refractivity contribution in [3.8, 4) is 11.5 Å². The fraction of sp³-hybridized carbons (Fsp3) is 0.364. The molecule has 1 aliphatic rings. The van der Waals surface area contributed by atoms with Crippen molar-refractivity contribution in [2.24, 2.45) is 5.92 Å². The normalized spacial score (nSPS) is 12.9. The van der Waals surface area contributed by atoms with E-state index < -0.39 is 23.7 Å². The number of hydrogen-bond acceptors (Lipinski definition) is 11. The van der Waals surface area contributed by atoms with Crippen LogP contribution in [0, 0.1) is 5.92 Å². The second-order valence-corrected chi connectivity index (χ2v) is 13.9. The number of likely N-dealkylation sites (N-methyl/N-ethyl adjacent to an activating group) is 1. The van der Waals surface area contributed by atoms with Crippen molar-refractivity contribution in [3.05, 3.63) is 101 Å². The zero-order chi connectivity index (χ0) is 44.1. The first-order chi connectivity index (χ1) is 28.8. The Labute approximate surface area is 347 Å². The van der Waals surface area contributed by atoms with Gasteiger partial charge in [0.1, 0.15) is 30.4 Å². The molecule has 0 spiro atoms. The number of fused-ring (bicyclic) bond motifs is 1. The Bertz CT molecular complexity index is 2020. The van der Waals surface area contributed by atoms with Gasteiger partial charge in [-0.05, 0) is 81.5 Å². The van der Waals surface area contributed by atoms with Gasteiger partial charge < -0.3 is 44.8 Å². The molecule has 0 aromatic heterocycles. The van der Waals surface area contributed by atoms with Crippen molar-refractivity contribution in [3.63, 3.8) is 0 Å². The molecular formula is C44H52F3N5O8. The molecule has 322 valence electrons. The van der Waals surface area contributed by atoms with Crippen LogP contribution in [0.3, 0.4) is 0 Å². The highest BCUT2D eigenvalue weighted by atomic mass is 19.4. The van der Waals surface area contributed by atoms with Crippen LogP contribution in [-0.2, 0) is 25.3 Å². The van der Waals surface area contributed by atoms with E-state index in [1.807, 2.05) is 27.2 Å². The van der Waals surface area contributed by atoms with Gasteiger partial charge in [-0.25, -0.2) is 0 Å². The number of halogens is 3. The second kappa shape index (κ2) is 24.8. The number of hydrogen-bond donors (Lipinski definition) is 3. The number of nitrogens with one attached hydrogen (secondary N) is 3. The quantitative estimate of drug-likeness (QED) is 0.0760. The van der Waals surface area contributed by atoms with E-state index in [0.29, 0.717) is 67.2 Å². The average Bonchev–Trinajstić information content (AvgIpc) is 3.23. The number of carbonyl (C=O) groups is 6. The van der Waals surface area contributed by atoms with Crippen LogP contribution < -0.4 is 20.7 Å². The Morgan fingerprint density at radius 1 is 0.933 bits per heavy atom. The van der Waals surface area contributed by atoms with Gasteiger partial charge in [-0.15, -0.1) is 0 Å². The van der Waals surface area contributed by atoms with Crippen molar-refractivity contribution in [1.82, 2.24) is 20.4 Å². The lowest BCUT2D eigenvalue weighted by atomic mass is 10.0. The Hall–Kier alpha value is -5.97. The van der Waals surface area contributed by atoms with Crippen LogP contribution in [0.2, 0.25) is 0 Å². The number of likely N-dealkylation sites (tertiary alicyclic amines) is 1. The van der Waals surface area contributed by atoms with Crippen LogP contribution >= 0.6 is 0 Å². The molecule has 0 radical (unpaired) electrons. The molecule has 16 heteroatoms. The fourth-order valence-corrected chi connectivity index (χ4v) is 6.08. The minimum Gasteiger partial charge on any atom is -0.457 e. The van der Waals surface area contributed by atoms with Gasteiger partial charge in [0.05, 0.1) is 30.4 Å². The lowest BCUT2D eigenvalue weighted by Crippen LogP contribution is -2.49. The monoisotopic (exact) mass is 835 g/mol. The molecule has 1 heterocycles. The van der Waals surface area contributed by atoms with E-state index in [0.717, 1.165) is 42.3 Å². The summed E-state index contributed by atoms with van der Waals surface area (Å²) in [7, 11) is 7.26. The Morgan fingerprint density at radius 3 is 2.25 bits per heavy atom. The molecule has 5 rings (SSSR count). The summed E-state index contributed by atoms with van der Waals surface area (Å²) >= 11 is 0. The molecule has 1 saturated heterocycles. The predicted molar refractivity (Wildman–Crippen MR) is 223 cm³/mol. The Kier molecular flexibility index (Phi) is 20.0. The Morgan fingerprint density at radius 2 is 1.63 bits per heavy atom. The number of rotatable bonds is 19. The molecule has 13 nitrogen and oxygen atoms in total. The maximum atomic E-state index is 13.1. The summed E-state index contributed by atoms with van der Waals surface area (Å²) in [4.78, 5) is 72.8. The number of benzene rings is 4. The smallest absolute Gasteiger partial charge is 0.416 e. The van der Waals surface area contributed by atoms with E-state index in [1.54, 1.807) is 42.5 Å². The van der Waals surface area contributed by atoms with Crippen LogP contribution in [0.25, 0.3) is 10.8 Å². The number of alkyl halides is 3. The summed E-state index contributed by atoms with van der Waals surface area (Å²) < 4.78 is 48.9. The van der Waals surface area contributed by atoms with Crippen LogP contribution in [0.1, 0.15) is 55.9 Å². The van der Waals surface area contributed by atoms with Gasteiger partial charge >= 0.3 is 6.18 Å². The second-order valence-electron chi connectivity index (χ2n) is 13.9. The van der Waals surface area contributed by atoms with Gasteiger partial charge in [0.25, 0.3) is 5.91 Å². The number of nitrogens with zero attached hydrogens (tertiary/aromatic N) is 2. The molecule has 0 saturated carbocycles. The Balaban J connectivity index is 0.000000319. The van der Waals surface area contributed by atoms with E-state index in [4.69, 9.17) is 9.47 Å². The standard InChI is InChI=1S/C24H34N4O6.C18H11F3O2.C2H7N/c1-27-14-18(15-27)13-26-22(32)8-11-34-12-9-25-21-7-3-5-19(16-30)23(21)24(33)28(2)20(17-31)6-4-10-29;19-18(20,21)14-5-7-15(8-6-14)23-17-3-1-2-13-10-12(11-22)4-9-16(13)17;1-3-2/h3,5,7,10,16-18,20,25H,4,6,8-9,11-15H2,1-2H3,(H,26,32);1-11H;3H,1-2H3. The predicted octanol–water partition coefficient (Wildman–Crippen LogP) is 5.91. The highest BCUT2D eigenvalue weighted by Crippen LogP contribution is 2.34. The highest BCUT2D eigenvalue weighted by molar-refractivity contribution is 6.06. The van der Waals surface area contributed by atoms with Gasteiger partial charge in [0.2, 0.25) is 5.91 Å². The molecule has 4 aromatic carbocycles. The minimum absolute atomic E-state index is 0.0450. The van der Waals surface area contributed by atoms with E-state index in [1.165, 1.54) is 30.1 Å². The molecule has 0 bridgehead atoms. The lowest BCUT2D eigenvalue weighted by molar-refractivity contribution is -0.137. The van der Waals surface area contributed by atoms with Gasteiger partial charge in [0.15, 0.2) is 6.29 Å². The SMILES string of the molecule is CN1CC(CNC(=O)CCOCCNc2cccc(C=O)c2C(=O)N(C)C(C=O)CCC=O)C1.CNC.O=Cc1ccc2c(Oc3ccc(C(F)(F)F)cc3)cccc2c1. The first kappa shape index (κ1) is 48.4. The highest BCUT2D eigenvalue weighted by Gasteiger charge is 2.30. The van der Waals surface area contributed by atoms with Gasteiger partial charge in [-0.2, -0.15) is 13.2 Å². The topological polar surface area (TPSA) is 163 Å². The molecule has 4 aromatic rings. The summed E-state index contributed by atoms with van der Waals surface area (Å²) in [6.07, 6.45) is -1.10. The van der Waals surface area contributed by atoms with E-state index >= 15 is 0 Å². The van der Waals surface area contributed by atoms with Crippen molar-refractivity contribution >= 4 is 53.4 Å². The van der Waals surface area contributed by atoms with Crippen LogP contribution in [0.15, 0.2) is 78.9 Å².